The van der Waals surface area contributed by atoms with Crippen molar-refractivity contribution in [1.29, 1.82) is 0 Å². The highest BCUT2D eigenvalue weighted by molar-refractivity contribution is 5.78. The van der Waals surface area contributed by atoms with Crippen LogP contribution in [-0.2, 0) is 9.53 Å². The summed E-state index contributed by atoms with van der Waals surface area (Å²) in [4.78, 5) is 11.1. The van der Waals surface area contributed by atoms with Gasteiger partial charge in [0.1, 0.15) is 0 Å². The summed E-state index contributed by atoms with van der Waals surface area (Å²) >= 11 is 0. The van der Waals surface area contributed by atoms with Crippen LogP contribution < -0.4 is 11.2 Å². The first-order valence-electron chi connectivity index (χ1n) is 4.64. The standard InChI is InChI=1S/C10H17N3O2/c1-3-4-5-6-7-8-9(14)12-13-10(11)15-2/h3-6H,7-8H2,1-2H3,(H2,11,13)(H,12,14). The number of hydrogen-bond donors (Lipinski definition) is 2. The molecular weight excluding hydrogens is 194 g/mol. The van der Waals surface area contributed by atoms with Crippen LogP contribution in [0.2, 0.25) is 0 Å². The Morgan fingerprint density at radius 3 is 2.87 bits per heavy atom. The van der Waals surface area contributed by atoms with Crippen LogP contribution in [-0.4, -0.2) is 19.0 Å². The molecule has 0 saturated carbocycles. The first kappa shape index (κ1) is 13.2. The minimum Gasteiger partial charge on any atom is -0.468 e. The molecule has 0 saturated heterocycles. The second-order valence-corrected chi connectivity index (χ2v) is 2.68. The van der Waals surface area contributed by atoms with Crippen molar-refractivity contribution in [2.24, 2.45) is 10.8 Å². The van der Waals surface area contributed by atoms with E-state index in [1.165, 1.54) is 7.11 Å². The third-order valence-corrected chi connectivity index (χ3v) is 1.48. The zero-order chi connectivity index (χ0) is 11.5. The maximum atomic E-state index is 11.1. The van der Waals surface area contributed by atoms with E-state index >= 15 is 0 Å². The molecule has 0 aromatic heterocycles. The summed E-state index contributed by atoms with van der Waals surface area (Å²) < 4.78 is 4.55. The number of carbonyl (C=O) groups is 1. The molecule has 5 nitrogen and oxygen atoms in total. The molecule has 0 atom stereocenters. The van der Waals surface area contributed by atoms with Gasteiger partial charge in [-0.05, 0) is 13.3 Å². The second kappa shape index (κ2) is 8.80. The lowest BCUT2D eigenvalue weighted by Gasteiger charge is -1.98. The summed E-state index contributed by atoms with van der Waals surface area (Å²) in [7, 11) is 1.38. The van der Waals surface area contributed by atoms with Gasteiger partial charge in [0.25, 0.3) is 0 Å². The maximum absolute atomic E-state index is 11.1. The van der Waals surface area contributed by atoms with Crippen molar-refractivity contribution in [2.45, 2.75) is 19.8 Å². The van der Waals surface area contributed by atoms with Crippen molar-refractivity contribution in [1.82, 2.24) is 5.43 Å². The van der Waals surface area contributed by atoms with Gasteiger partial charge in [-0.25, -0.2) is 5.43 Å². The smallest absolute Gasteiger partial charge is 0.303 e. The van der Waals surface area contributed by atoms with Gasteiger partial charge in [0.15, 0.2) is 0 Å². The van der Waals surface area contributed by atoms with Crippen LogP contribution in [0, 0.1) is 0 Å². The van der Waals surface area contributed by atoms with Crippen LogP contribution in [0.25, 0.3) is 0 Å². The number of ether oxygens (including phenoxy) is 1. The van der Waals surface area contributed by atoms with Crippen molar-refractivity contribution in [3.63, 3.8) is 0 Å². The molecule has 5 heteroatoms. The Hall–Kier alpha value is -1.78. The summed E-state index contributed by atoms with van der Waals surface area (Å²) in [5, 5.41) is 3.49. The zero-order valence-electron chi connectivity index (χ0n) is 9.06. The summed E-state index contributed by atoms with van der Waals surface area (Å²) in [6.07, 6.45) is 8.65. The third-order valence-electron chi connectivity index (χ3n) is 1.48. The van der Waals surface area contributed by atoms with Crippen LogP contribution in [0.1, 0.15) is 19.8 Å². The molecule has 0 aliphatic rings. The Labute approximate surface area is 89.7 Å². The molecule has 0 aliphatic heterocycles. The zero-order valence-corrected chi connectivity index (χ0v) is 9.06. The van der Waals surface area contributed by atoms with Crippen molar-refractivity contribution >= 4 is 11.9 Å². The largest absolute Gasteiger partial charge is 0.468 e. The highest BCUT2D eigenvalue weighted by atomic mass is 16.5. The number of amidine groups is 1. The molecule has 0 spiro atoms. The Bertz CT molecular complexity index is 270. The highest BCUT2D eigenvalue weighted by Gasteiger charge is 1.97. The number of nitrogens with one attached hydrogen (secondary N) is 1. The average Bonchev–Trinajstić information content (AvgIpc) is 2.25. The van der Waals surface area contributed by atoms with Gasteiger partial charge in [-0.1, -0.05) is 24.3 Å². The van der Waals surface area contributed by atoms with E-state index in [4.69, 9.17) is 5.73 Å². The lowest BCUT2D eigenvalue weighted by Crippen LogP contribution is -2.23. The van der Waals surface area contributed by atoms with Gasteiger partial charge in [0, 0.05) is 6.42 Å². The van der Waals surface area contributed by atoms with Crippen molar-refractivity contribution in [3.8, 4) is 0 Å². The molecule has 0 heterocycles. The molecule has 0 aromatic rings. The molecule has 3 N–H and O–H groups in total. The fourth-order valence-corrected chi connectivity index (χ4v) is 0.719. The van der Waals surface area contributed by atoms with Crippen molar-refractivity contribution < 1.29 is 9.53 Å². The minimum atomic E-state index is -0.194. The van der Waals surface area contributed by atoms with E-state index in [1.807, 2.05) is 31.2 Å². The van der Waals surface area contributed by atoms with Crippen molar-refractivity contribution in [3.05, 3.63) is 24.3 Å². The Balaban J connectivity index is 3.67. The van der Waals surface area contributed by atoms with Crippen LogP contribution in [0.15, 0.2) is 29.4 Å². The number of carbonyl (C=O) groups excluding carboxylic acids is 1. The lowest BCUT2D eigenvalue weighted by molar-refractivity contribution is -0.121. The monoisotopic (exact) mass is 211 g/mol. The van der Waals surface area contributed by atoms with Gasteiger partial charge >= 0.3 is 6.02 Å². The summed E-state index contributed by atoms with van der Waals surface area (Å²) in [6.45, 7) is 1.93. The van der Waals surface area contributed by atoms with E-state index in [2.05, 4.69) is 15.3 Å². The SMILES string of the molecule is CC=CC=CCCC(=O)NN=C(N)OC. The number of nitrogens with two attached hydrogens (primary N) is 1. The first-order valence-corrected chi connectivity index (χ1v) is 4.64. The summed E-state index contributed by atoms with van der Waals surface area (Å²) in [5.74, 6) is -0.194. The molecule has 1 amide bonds. The molecule has 0 aliphatic carbocycles. The van der Waals surface area contributed by atoms with E-state index in [9.17, 15) is 4.79 Å². The predicted molar refractivity (Wildman–Crippen MR) is 60.0 cm³/mol. The fraction of sp³-hybridized carbons (Fsp3) is 0.400. The number of nitrogens with zero attached hydrogens (tertiary/aromatic N) is 1. The third kappa shape index (κ3) is 8.55. The molecule has 84 valence electrons. The van der Waals surface area contributed by atoms with Gasteiger partial charge in [-0.15, -0.1) is 5.10 Å². The molecule has 0 bridgehead atoms. The fourth-order valence-electron chi connectivity index (χ4n) is 0.719. The summed E-state index contributed by atoms with van der Waals surface area (Å²) in [6, 6.07) is -0.0622. The second-order valence-electron chi connectivity index (χ2n) is 2.68. The normalized spacial score (nSPS) is 12.3. The van der Waals surface area contributed by atoms with Gasteiger partial charge in [0.2, 0.25) is 5.91 Å². The minimum absolute atomic E-state index is 0.0622. The number of amides is 1. The van der Waals surface area contributed by atoms with Crippen LogP contribution in [0.3, 0.4) is 0 Å². The van der Waals surface area contributed by atoms with E-state index in [0.29, 0.717) is 12.8 Å². The molecule has 0 unspecified atom stereocenters. The number of hydrogen-bond acceptors (Lipinski definition) is 3. The lowest BCUT2D eigenvalue weighted by atomic mass is 10.3. The molecule has 0 radical (unpaired) electrons. The number of methoxy groups -OCH3 is 1. The van der Waals surface area contributed by atoms with Gasteiger partial charge < -0.3 is 10.5 Å². The Kier molecular flexibility index (Phi) is 7.76. The van der Waals surface area contributed by atoms with Gasteiger partial charge in [0.05, 0.1) is 7.11 Å². The first-order chi connectivity index (χ1) is 7.20. The van der Waals surface area contributed by atoms with E-state index in [-0.39, 0.29) is 11.9 Å². The molecule has 15 heavy (non-hydrogen) atoms. The molecule has 0 fully saturated rings. The summed E-state index contributed by atoms with van der Waals surface area (Å²) in [5.41, 5.74) is 7.48. The molecule has 0 rings (SSSR count). The van der Waals surface area contributed by atoms with Crippen LogP contribution in [0.5, 0.6) is 0 Å². The number of rotatable bonds is 5. The molecule has 0 aromatic carbocycles. The Morgan fingerprint density at radius 1 is 1.53 bits per heavy atom. The van der Waals surface area contributed by atoms with E-state index in [0.717, 1.165) is 0 Å². The topological polar surface area (TPSA) is 76.7 Å². The van der Waals surface area contributed by atoms with Gasteiger partial charge in [-0.2, -0.15) is 0 Å². The average molecular weight is 211 g/mol. The van der Waals surface area contributed by atoms with Crippen LogP contribution in [0.4, 0.5) is 0 Å². The number of hydrazone groups is 1. The van der Waals surface area contributed by atoms with Crippen molar-refractivity contribution in [2.75, 3.05) is 7.11 Å². The predicted octanol–water partition coefficient (Wildman–Crippen LogP) is 0.891. The number of allylic oxidation sites excluding steroid dienone is 4. The van der Waals surface area contributed by atoms with E-state index < -0.39 is 0 Å². The molecular formula is C10H17N3O2. The van der Waals surface area contributed by atoms with Gasteiger partial charge in [-0.3, -0.25) is 4.79 Å². The quantitative estimate of drug-likeness (QED) is 0.307. The maximum Gasteiger partial charge on any atom is 0.303 e. The van der Waals surface area contributed by atoms with E-state index in [1.54, 1.807) is 0 Å². The highest BCUT2D eigenvalue weighted by Crippen LogP contribution is 1.91. The Morgan fingerprint density at radius 2 is 2.27 bits per heavy atom. The van der Waals surface area contributed by atoms with Crippen LogP contribution >= 0.6 is 0 Å².